The maximum absolute atomic E-state index is 14.0. The maximum atomic E-state index is 14.0. The smallest absolute Gasteiger partial charge is 0.129 e. The molecule has 1 aliphatic rings. The molecule has 4 nitrogen and oxygen atoms in total. The first-order valence-electron chi connectivity index (χ1n) is 8.21. The summed E-state index contributed by atoms with van der Waals surface area (Å²) in [5.41, 5.74) is 0.389. The van der Waals surface area contributed by atoms with Crippen molar-refractivity contribution in [3.8, 4) is 6.07 Å². The van der Waals surface area contributed by atoms with E-state index in [1.807, 2.05) is 11.0 Å². The predicted molar refractivity (Wildman–Crippen MR) is 90.0 cm³/mol. The summed E-state index contributed by atoms with van der Waals surface area (Å²) in [6.07, 6.45) is 3.45. The summed E-state index contributed by atoms with van der Waals surface area (Å²) >= 11 is 0. The van der Waals surface area contributed by atoms with Crippen molar-refractivity contribution in [2.24, 2.45) is 5.41 Å². The molecule has 0 radical (unpaired) electrons. The summed E-state index contributed by atoms with van der Waals surface area (Å²) < 4.78 is 27.2. The molecule has 25 heavy (non-hydrogen) atoms. The van der Waals surface area contributed by atoms with E-state index >= 15 is 0 Å². The Kier molecular flexibility index (Phi) is 4.95. The second kappa shape index (κ2) is 7.16. The number of rotatable bonds is 4. The van der Waals surface area contributed by atoms with Gasteiger partial charge in [-0.1, -0.05) is 6.07 Å². The second-order valence-corrected chi connectivity index (χ2v) is 6.61. The molecule has 1 aromatic heterocycles. The molecule has 1 aliphatic heterocycles. The second-order valence-electron chi connectivity index (χ2n) is 6.61. The lowest BCUT2D eigenvalue weighted by Gasteiger charge is -2.42. The fourth-order valence-corrected chi connectivity index (χ4v) is 3.44. The zero-order valence-corrected chi connectivity index (χ0v) is 13.8. The van der Waals surface area contributed by atoms with Crippen molar-refractivity contribution < 1.29 is 13.9 Å². The van der Waals surface area contributed by atoms with Crippen LogP contribution in [0.2, 0.25) is 0 Å². The Morgan fingerprint density at radius 3 is 2.76 bits per heavy atom. The van der Waals surface area contributed by atoms with Crippen LogP contribution >= 0.6 is 0 Å². The number of halogens is 2. The van der Waals surface area contributed by atoms with Gasteiger partial charge in [0.25, 0.3) is 0 Å². The number of aliphatic hydroxyl groups is 1. The van der Waals surface area contributed by atoms with Crippen LogP contribution in [0.4, 0.5) is 14.6 Å². The Labute approximate surface area is 145 Å². The number of aromatic nitrogens is 1. The third kappa shape index (κ3) is 3.77. The summed E-state index contributed by atoms with van der Waals surface area (Å²) in [6, 6.07) is 9.09. The van der Waals surface area contributed by atoms with Gasteiger partial charge >= 0.3 is 0 Å². The number of piperidine rings is 1. The highest BCUT2D eigenvalue weighted by atomic mass is 19.1. The number of hydrogen-bond acceptors (Lipinski definition) is 4. The van der Waals surface area contributed by atoms with E-state index in [4.69, 9.17) is 5.26 Å². The van der Waals surface area contributed by atoms with E-state index in [0.717, 1.165) is 31.3 Å². The Morgan fingerprint density at radius 2 is 2.12 bits per heavy atom. The molecule has 0 bridgehead atoms. The highest BCUT2D eigenvalue weighted by molar-refractivity contribution is 5.43. The standard InChI is InChI=1S/C19H19F2N3O/c20-16-4-3-15(17(21)8-16)9-19(13-25)6-1-7-24(12-19)18-5-2-14(10-22)11-23-18/h2-5,8,11,25H,1,6-7,9,12-13H2. The van der Waals surface area contributed by atoms with Gasteiger partial charge in [-0.2, -0.15) is 5.26 Å². The van der Waals surface area contributed by atoms with Crippen molar-refractivity contribution in [1.82, 2.24) is 4.98 Å². The lowest BCUT2D eigenvalue weighted by Crippen LogP contribution is -2.47. The molecule has 2 aromatic rings. The first kappa shape index (κ1) is 17.3. The van der Waals surface area contributed by atoms with E-state index in [9.17, 15) is 13.9 Å². The van der Waals surface area contributed by atoms with Gasteiger partial charge < -0.3 is 10.0 Å². The van der Waals surface area contributed by atoms with Gasteiger partial charge in [0.1, 0.15) is 23.5 Å². The van der Waals surface area contributed by atoms with Crippen LogP contribution in [-0.4, -0.2) is 29.8 Å². The van der Waals surface area contributed by atoms with Crippen LogP contribution in [0.15, 0.2) is 36.5 Å². The molecule has 0 amide bonds. The predicted octanol–water partition coefficient (Wildman–Crippen LogP) is 3.05. The fraction of sp³-hybridized carbons (Fsp3) is 0.368. The minimum absolute atomic E-state index is 0.0867. The van der Waals surface area contributed by atoms with Crippen molar-refractivity contribution in [1.29, 1.82) is 5.26 Å². The van der Waals surface area contributed by atoms with Gasteiger partial charge in [0.15, 0.2) is 0 Å². The monoisotopic (exact) mass is 343 g/mol. The molecule has 1 unspecified atom stereocenters. The molecule has 3 rings (SSSR count). The molecule has 1 saturated heterocycles. The van der Waals surface area contributed by atoms with E-state index in [1.165, 1.54) is 18.3 Å². The lowest BCUT2D eigenvalue weighted by atomic mass is 9.75. The van der Waals surface area contributed by atoms with Crippen LogP contribution in [0.5, 0.6) is 0 Å². The third-order valence-electron chi connectivity index (χ3n) is 4.78. The van der Waals surface area contributed by atoms with Gasteiger partial charge in [-0.05, 0) is 43.0 Å². The Morgan fingerprint density at radius 1 is 1.28 bits per heavy atom. The van der Waals surface area contributed by atoms with Crippen LogP contribution in [0.3, 0.4) is 0 Å². The summed E-state index contributed by atoms with van der Waals surface area (Å²) in [5.74, 6) is -0.455. The zero-order chi connectivity index (χ0) is 17.9. The quantitative estimate of drug-likeness (QED) is 0.927. The number of nitriles is 1. The van der Waals surface area contributed by atoms with E-state index in [2.05, 4.69) is 4.98 Å². The highest BCUT2D eigenvalue weighted by Gasteiger charge is 2.36. The normalized spacial score (nSPS) is 20.3. The molecule has 2 heterocycles. The Balaban J connectivity index is 1.81. The van der Waals surface area contributed by atoms with E-state index in [0.29, 0.717) is 24.1 Å². The number of hydrogen-bond donors (Lipinski definition) is 1. The van der Waals surface area contributed by atoms with Gasteiger partial charge in [-0.3, -0.25) is 0 Å². The Bertz CT molecular complexity index is 788. The highest BCUT2D eigenvalue weighted by Crippen LogP contribution is 2.35. The van der Waals surface area contributed by atoms with Gasteiger partial charge in [-0.15, -0.1) is 0 Å². The molecule has 0 aliphatic carbocycles. The molecule has 0 spiro atoms. The van der Waals surface area contributed by atoms with Crippen molar-refractivity contribution in [3.05, 3.63) is 59.3 Å². The van der Waals surface area contributed by atoms with Crippen LogP contribution in [-0.2, 0) is 6.42 Å². The number of aliphatic hydroxyl groups excluding tert-OH is 1. The maximum Gasteiger partial charge on any atom is 0.129 e. The SMILES string of the molecule is N#Cc1ccc(N2CCCC(CO)(Cc3ccc(F)cc3F)C2)nc1. The van der Waals surface area contributed by atoms with E-state index in [-0.39, 0.29) is 6.61 Å². The van der Waals surface area contributed by atoms with E-state index < -0.39 is 17.0 Å². The zero-order valence-electron chi connectivity index (χ0n) is 13.8. The molecule has 130 valence electrons. The largest absolute Gasteiger partial charge is 0.396 e. The first-order valence-corrected chi connectivity index (χ1v) is 8.21. The van der Waals surface area contributed by atoms with Crippen LogP contribution in [0, 0.1) is 28.4 Å². The van der Waals surface area contributed by atoms with Crippen LogP contribution in [0.1, 0.15) is 24.0 Å². The molecule has 1 atom stereocenters. The molecule has 0 saturated carbocycles. The van der Waals surface area contributed by atoms with Crippen molar-refractivity contribution in [2.75, 3.05) is 24.6 Å². The topological polar surface area (TPSA) is 60.2 Å². The third-order valence-corrected chi connectivity index (χ3v) is 4.78. The number of benzene rings is 1. The number of nitrogens with zero attached hydrogens (tertiary/aromatic N) is 3. The van der Waals surface area contributed by atoms with Crippen molar-refractivity contribution >= 4 is 5.82 Å². The van der Waals surface area contributed by atoms with Crippen molar-refractivity contribution in [2.45, 2.75) is 19.3 Å². The van der Waals surface area contributed by atoms with Crippen molar-refractivity contribution in [3.63, 3.8) is 0 Å². The molecule has 1 aromatic carbocycles. The minimum Gasteiger partial charge on any atom is -0.396 e. The van der Waals surface area contributed by atoms with E-state index in [1.54, 1.807) is 12.1 Å². The average Bonchev–Trinajstić information content (AvgIpc) is 2.64. The minimum atomic E-state index is -0.605. The summed E-state index contributed by atoms with van der Waals surface area (Å²) in [6.45, 7) is 1.22. The summed E-state index contributed by atoms with van der Waals surface area (Å²) in [5, 5.41) is 18.9. The number of anilines is 1. The van der Waals surface area contributed by atoms with Gasteiger partial charge in [-0.25, -0.2) is 13.8 Å². The molecular formula is C19H19F2N3O. The first-order chi connectivity index (χ1) is 12.0. The molecule has 1 fully saturated rings. The van der Waals surface area contributed by atoms with Gasteiger partial charge in [0, 0.05) is 30.8 Å². The Hall–Kier alpha value is -2.52. The summed E-state index contributed by atoms with van der Waals surface area (Å²) in [7, 11) is 0. The summed E-state index contributed by atoms with van der Waals surface area (Å²) in [4.78, 5) is 6.35. The van der Waals surface area contributed by atoms with Crippen LogP contribution in [0.25, 0.3) is 0 Å². The molecule has 6 heteroatoms. The average molecular weight is 343 g/mol. The molecule has 1 N–H and O–H groups in total. The lowest BCUT2D eigenvalue weighted by molar-refractivity contribution is 0.104. The van der Waals surface area contributed by atoms with Crippen LogP contribution < -0.4 is 4.90 Å². The van der Waals surface area contributed by atoms with Gasteiger partial charge in [0.05, 0.1) is 12.2 Å². The fourth-order valence-electron chi connectivity index (χ4n) is 3.44. The molecular weight excluding hydrogens is 324 g/mol. The van der Waals surface area contributed by atoms with Gasteiger partial charge in [0.2, 0.25) is 0 Å². The number of pyridine rings is 1.